The molecule has 0 saturated carbocycles. The Kier molecular flexibility index (Phi) is 2.59. The Morgan fingerprint density at radius 1 is 1.64 bits per heavy atom. The van der Waals surface area contributed by atoms with Crippen LogP contribution in [-0.4, -0.2) is 4.57 Å². The smallest absolute Gasteiger partial charge is 0.265 e. The molecule has 0 amide bonds. The van der Waals surface area contributed by atoms with Crippen molar-refractivity contribution in [2.45, 2.75) is 6.92 Å². The predicted molar refractivity (Wildman–Crippen MR) is 54.1 cm³/mol. The van der Waals surface area contributed by atoms with Crippen molar-refractivity contribution in [1.82, 2.24) is 4.57 Å². The van der Waals surface area contributed by atoms with Gasteiger partial charge in [-0.1, -0.05) is 11.6 Å². The Hall–Kier alpha value is -0.0300. The molecular formula is C7H7ClINO. The van der Waals surface area contributed by atoms with Crippen molar-refractivity contribution in [2.24, 2.45) is 7.05 Å². The van der Waals surface area contributed by atoms with Gasteiger partial charge in [0, 0.05) is 12.7 Å². The SMILES string of the molecule is Cc1cc(Cl)c(I)c(=O)n1C. The molecule has 0 aliphatic heterocycles. The van der Waals surface area contributed by atoms with Gasteiger partial charge in [0.05, 0.1) is 8.59 Å². The van der Waals surface area contributed by atoms with Gasteiger partial charge in [-0.2, -0.15) is 0 Å². The van der Waals surface area contributed by atoms with Gasteiger partial charge in [-0.15, -0.1) is 0 Å². The Balaban J connectivity index is 3.59. The number of rotatable bonds is 0. The van der Waals surface area contributed by atoms with E-state index < -0.39 is 0 Å². The van der Waals surface area contributed by atoms with Crippen molar-refractivity contribution in [1.29, 1.82) is 0 Å². The molecule has 0 aliphatic rings. The first-order valence-corrected chi connectivity index (χ1v) is 4.51. The number of aromatic nitrogens is 1. The van der Waals surface area contributed by atoms with Gasteiger partial charge in [-0.25, -0.2) is 0 Å². The van der Waals surface area contributed by atoms with Gasteiger partial charge in [0.15, 0.2) is 0 Å². The van der Waals surface area contributed by atoms with Gasteiger partial charge in [0.25, 0.3) is 5.56 Å². The summed E-state index contributed by atoms with van der Waals surface area (Å²) in [6.45, 7) is 1.85. The Morgan fingerprint density at radius 2 is 2.18 bits per heavy atom. The first-order chi connectivity index (χ1) is 5.04. The standard InChI is InChI=1S/C7H7ClINO/c1-4-3-5(8)6(9)7(11)10(4)2/h3H,1-2H3. The maximum absolute atomic E-state index is 11.3. The lowest BCUT2D eigenvalue weighted by atomic mass is 10.4. The average molecular weight is 283 g/mol. The van der Waals surface area contributed by atoms with Gasteiger partial charge in [0.2, 0.25) is 0 Å². The van der Waals surface area contributed by atoms with Crippen LogP contribution in [0.4, 0.5) is 0 Å². The Bertz CT molecular complexity index is 316. The zero-order chi connectivity index (χ0) is 8.59. The molecule has 1 heterocycles. The highest BCUT2D eigenvalue weighted by Gasteiger charge is 2.04. The first-order valence-electron chi connectivity index (χ1n) is 3.05. The van der Waals surface area contributed by atoms with Crippen LogP contribution in [0, 0.1) is 10.5 Å². The molecule has 0 aliphatic carbocycles. The van der Waals surface area contributed by atoms with E-state index >= 15 is 0 Å². The van der Waals surface area contributed by atoms with Crippen molar-refractivity contribution in [3.8, 4) is 0 Å². The molecule has 0 radical (unpaired) electrons. The molecule has 1 rings (SSSR count). The summed E-state index contributed by atoms with van der Waals surface area (Å²) in [5, 5.41) is 0.534. The van der Waals surface area contributed by atoms with Crippen molar-refractivity contribution in [3.63, 3.8) is 0 Å². The van der Waals surface area contributed by atoms with Crippen LogP contribution >= 0.6 is 34.2 Å². The topological polar surface area (TPSA) is 22.0 Å². The third kappa shape index (κ3) is 1.59. The lowest BCUT2D eigenvalue weighted by Crippen LogP contribution is -2.21. The highest BCUT2D eigenvalue weighted by Crippen LogP contribution is 2.14. The average Bonchev–Trinajstić information content (AvgIpc) is 1.97. The highest BCUT2D eigenvalue weighted by molar-refractivity contribution is 14.1. The van der Waals surface area contributed by atoms with Crippen LogP contribution in [0.15, 0.2) is 10.9 Å². The van der Waals surface area contributed by atoms with Gasteiger partial charge in [-0.3, -0.25) is 4.79 Å². The van der Waals surface area contributed by atoms with E-state index in [9.17, 15) is 4.79 Å². The van der Waals surface area contributed by atoms with Gasteiger partial charge < -0.3 is 4.57 Å². The fourth-order valence-electron chi connectivity index (χ4n) is 0.753. The van der Waals surface area contributed by atoms with Gasteiger partial charge in [-0.05, 0) is 35.6 Å². The van der Waals surface area contributed by atoms with Crippen molar-refractivity contribution in [2.75, 3.05) is 0 Å². The number of hydrogen-bond acceptors (Lipinski definition) is 1. The quantitative estimate of drug-likeness (QED) is 0.667. The zero-order valence-corrected chi connectivity index (χ0v) is 9.10. The second kappa shape index (κ2) is 3.15. The third-order valence-corrected chi connectivity index (χ3v) is 3.23. The minimum absolute atomic E-state index is 0.0319. The van der Waals surface area contributed by atoms with E-state index in [0.29, 0.717) is 8.59 Å². The molecule has 0 unspecified atom stereocenters. The zero-order valence-electron chi connectivity index (χ0n) is 6.19. The number of aryl methyl sites for hydroxylation is 1. The van der Waals surface area contributed by atoms with E-state index in [-0.39, 0.29) is 5.56 Å². The summed E-state index contributed by atoms with van der Waals surface area (Å²) < 4.78 is 2.16. The summed E-state index contributed by atoms with van der Waals surface area (Å²) >= 11 is 7.72. The summed E-state index contributed by atoms with van der Waals surface area (Å²) in [6, 6.07) is 1.78. The van der Waals surface area contributed by atoms with Crippen LogP contribution < -0.4 is 5.56 Å². The summed E-state index contributed by atoms with van der Waals surface area (Å²) in [7, 11) is 1.73. The minimum Gasteiger partial charge on any atom is -0.315 e. The monoisotopic (exact) mass is 283 g/mol. The van der Waals surface area contributed by atoms with Crippen LogP contribution in [0.2, 0.25) is 5.02 Å². The highest BCUT2D eigenvalue weighted by atomic mass is 127. The van der Waals surface area contributed by atoms with Crippen LogP contribution in [0.1, 0.15) is 5.69 Å². The molecule has 0 atom stereocenters. The van der Waals surface area contributed by atoms with Crippen LogP contribution in [0.25, 0.3) is 0 Å². The number of pyridine rings is 1. The van der Waals surface area contributed by atoms with E-state index in [1.807, 2.05) is 29.5 Å². The molecule has 0 spiro atoms. The van der Waals surface area contributed by atoms with E-state index in [4.69, 9.17) is 11.6 Å². The molecule has 0 fully saturated rings. The molecule has 60 valence electrons. The molecule has 11 heavy (non-hydrogen) atoms. The normalized spacial score (nSPS) is 10.2. The van der Waals surface area contributed by atoms with Crippen molar-refractivity contribution < 1.29 is 0 Å². The number of nitrogens with zero attached hydrogens (tertiary/aromatic N) is 1. The van der Waals surface area contributed by atoms with Crippen molar-refractivity contribution >= 4 is 34.2 Å². The summed E-state index contributed by atoms with van der Waals surface area (Å²) in [4.78, 5) is 11.3. The van der Waals surface area contributed by atoms with E-state index in [0.717, 1.165) is 5.69 Å². The molecule has 0 saturated heterocycles. The Labute approximate surface area is 83.3 Å². The fourth-order valence-corrected chi connectivity index (χ4v) is 1.51. The minimum atomic E-state index is -0.0319. The summed E-state index contributed by atoms with van der Waals surface area (Å²) in [5.74, 6) is 0. The lowest BCUT2D eigenvalue weighted by Gasteiger charge is -2.04. The molecule has 0 N–H and O–H groups in total. The van der Waals surface area contributed by atoms with Gasteiger partial charge in [0.1, 0.15) is 0 Å². The van der Waals surface area contributed by atoms with E-state index in [1.54, 1.807) is 17.7 Å². The lowest BCUT2D eigenvalue weighted by molar-refractivity contribution is 0.812. The maximum atomic E-state index is 11.3. The molecule has 2 nitrogen and oxygen atoms in total. The summed E-state index contributed by atoms with van der Waals surface area (Å²) in [6.07, 6.45) is 0. The molecule has 0 bridgehead atoms. The van der Waals surface area contributed by atoms with E-state index in [1.165, 1.54) is 0 Å². The second-order valence-electron chi connectivity index (χ2n) is 2.31. The predicted octanol–water partition coefficient (Wildman–Crippen LogP) is 1.95. The van der Waals surface area contributed by atoms with Crippen LogP contribution in [-0.2, 0) is 7.05 Å². The first kappa shape index (κ1) is 9.06. The van der Waals surface area contributed by atoms with Crippen LogP contribution in [0.5, 0.6) is 0 Å². The third-order valence-electron chi connectivity index (χ3n) is 1.57. The number of halogens is 2. The van der Waals surface area contributed by atoms with Gasteiger partial charge >= 0.3 is 0 Å². The largest absolute Gasteiger partial charge is 0.315 e. The molecule has 1 aromatic heterocycles. The Morgan fingerprint density at radius 3 is 2.73 bits per heavy atom. The molecule has 0 aromatic carbocycles. The molecule has 4 heteroatoms. The van der Waals surface area contributed by atoms with Crippen LogP contribution in [0.3, 0.4) is 0 Å². The molecule has 1 aromatic rings. The second-order valence-corrected chi connectivity index (χ2v) is 3.80. The maximum Gasteiger partial charge on any atom is 0.265 e. The number of hydrogen-bond donors (Lipinski definition) is 0. The van der Waals surface area contributed by atoms with Crippen molar-refractivity contribution in [3.05, 3.63) is 30.7 Å². The fraction of sp³-hybridized carbons (Fsp3) is 0.286. The van der Waals surface area contributed by atoms with E-state index in [2.05, 4.69) is 0 Å². The molecular weight excluding hydrogens is 276 g/mol. The summed E-state index contributed by atoms with van der Waals surface area (Å²) in [5.41, 5.74) is 0.844.